The van der Waals surface area contributed by atoms with Gasteiger partial charge in [0.25, 0.3) is 5.91 Å². The van der Waals surface area contributed by atoms with Crippen LogP contribution in [-0.2, 0) is 20.3 Å². The third kappa shape index (κ3) is 3.43. The van der Waals surface area contributed by atoms with Crippen molar-refractivity contribution in [1.29, 1.82) is 0 Å². The normalized spacial score (nSPS) is 11.8. The number of aryl methyl sites for hydroxylation is 3. The van der Waals surface area contributed by atoms with E-state index >= 15 is 0 Å². The van der Waals surface area contributed by atoms with E-state index in [0.717, 1.165) is 9.56 Å². The SMILES string of the molecule is Cc1ccc(C(=O)Nc2nn(C)cc2-c2cn(C)nc2C(F)(F)F)s1. The lowest BCUT2D eigenvalue weighted by Crippen LogP contribution is -2.12. The Morgan fingerprint density at radius 1 is 1.12 bits per heavy atom. The Hall–Kier alpha value is -2.62. The molecule has 0 saturated carbocycles. The summed E-state index contributed by atoms with van der Waals surface area (Å²) >= 11 is 1.29. The molecular weight excluding hydrogens is 355 g/mol. The van der Waals surface area contributed by atoms with Gasteiger partial charge in [-0.2, -0.15) is 23.4 Å². The van der Waals surface area contributed by atoms with Crippen molar-refractivity contribution in [2.75, 3.05) is 5.32 Å². The number of rotatable bonds is 3. The zero-order valence-electron chi connectivity index (χ0n) is 13.5. The molecule has 0 fully saturated rings. The molecule has 0 aliphatic carbocycles. The molecule has 6 nitrogen and oxygen atoms in total. The van der Waals surface area contributed by atoms with Crippen LogP contribution < -0.4 is 5.32 Å². The number of hydrogen-bond acceptors (Lipinski definition) is 4. The van der Waals surface area contributed by atoms with Crippen LogP contribution in [-0.4, -0.2) is 25.5 Å². The molecule has 0 atom stereocenters. The van der Waals surface area contributed by atoms with Crippen LogP contribution in [0, 0.1) is 6.92 Å². The Balaban J connectivity index is 2.01. The minimum atomic E-state index is -4.61. The third-order valence-corrected chi connectivity index (χ3v) is 4.41. The summed E-state index contributed by atoms with van der Waals surface area (Å²) in [6.07, 6.45) is -1.94. The molecule has 0 bridgehead atoms. The molecular formula is C15H14F3N5OS. The molecule has 0 spiro atoms. The second-order valence-corrected chi connectivity index (χ2v) is 6.78. The maximum absolute atomic E-state index is 13.2. The fourth-order valence-corrected chi connectivity index (χ4v) is 3.16. The summed E-state index contributed by atoms with van der Waals surface area (Å²) < 4.78 is 42.1. The molecule has 132 valence electrons. The van der Waals surface area contributed by atoms with Crippen molar-refractivity contribution in [3.05, 3.63) is 40.0 Å². The average molecular weight is 369 g/mol. The van der Waals surface area contributed by atoms with E-state index in [0.29, 0.717) is 4.88 Å². The van der Waals surface area contributed by atoms with Gasteiger partial charge in [-0.25, -0.2) is 0 Å². The predicted octanol–water partition coefficient (Wildman–Crippen LogP) is 3.46. The van der Waals surface area contributed by atoms with Gasteiger partial charge in [0.2, 0.25) is 0 Å². The smallest absolute Gasteiger partial charge is 0.304 e. The molecule has 3 heterocycles. The van der Waals surface area contributed by atoms with E-state index in [1.165, 1.54) is 35.5 Å². The Morgan fingerprint density at radius 2 is 1.76 bits per heavy atom. The van der Waals surface area contributed by atoms with Crippen LogP contribution in [0.4, 0.5) is 19.0 Å². The average Bonchev–Trinajstić information content (AvgIpc) is 3.17. The highest BCUT2D eigenvalue weighted by molar-refractivity contribution is 7.14. The summed E-state index contributed by atoms with van der Waals surface area (Å²) in [7, 11) is 2.97. The zero-order chi connectivity index (χ0) is 18.4. The molecule has 0 saturated heterocycles. The molecule has 1 N–H and O–H groups in total. The lowest BCUT2D eigenvalue weighted by atomic mass is 10.1. The molecule has 3 rings (SSSR count). The number of amides is 1. The van der Waals surface area contributed by atoms with Crippen LogP contribution in [0.25, 0.3) is 11.1 Å². The second kappa shape index (κ2) is 6.03. The fourth-order valence-electron chi connectivity index (χ4n) is 2.40. The largest absolute Gasteiger partial charge is 0.435 e. The number of thiophene rings is 1. The van der Waals surface area contributed by atoms with Gasteiger partial charge in [0.05, 0.1) is 4.88 Å². The highest BCUT2D eigenvalue weighted by atomic mass is 32.1. The summed E-state index contributed by atoms with van der Waals surface area (Å²) in [6, 6.07) is 3.45. The number of alkyl halides is 3. The lowest BCUT2D eigenvalue weighted by molar-refractivity contribution is -0.140. The maximum Gasteiger partial charge on any atom is 0.435 e. The number of aromatic nitrogens is 4. The highest BCUT2D eigenvalue weighted by Crippen LogP contribution is 2.38. The van der Waals surface area contributed by atoms with Crippen molar-refractivity contribution < 1.29 is 18.0 Å². The summed E-state index contributed by atoms with van der Waals surface area (Å²) in [4.78, 5) is 13.7. The number of anilines is 1. The van der Waals surface area contributed by atoms with Crippen LogP contribution in [0.3, 0.4) is 0 Å². The summed E-state index contributed by atoms with van der Waals surface area (Å²) in [5.41, 5.74) is -1.00. The molecule has 0 aromatic carbocycles. The van der Waals surface area contributed by atoms with Crippen molar-refractivity contribution in [3.63, 3.8) is 0 Å². The molecule has 0 radical (unpaired) electrons. The van der Waals surface area contributed by atoms with Gasteiger partial charge in [0.1, 0.15) is 0 Å². The van der Waals surface area contributed by atoms with Crippen molar-refractivity contribution in [3.8, 4) is 11.1 Å². The Labute approximate surface area is 144 Å². The van der Waals surface area contributed by atoms with Gasteiger partial charge in [0, 0.05) is 42.5 Å². The van der Waals surface area contributed by atoms with E-state index in [2.05, 4.69) is 15.5 Å². The van der Waals surface area contributed by atoms with Crippen molar-refractivity contribution in [2.45, 2.75) is 13.1 Å². The standard InChI is InChI=1S/C15H14F3N5OS/c1-8-4-5-11(25-8)14(24)19-13-10(7-23(3)21-13)9-6-22(2)20-12(9)15(16,17)18/h4-7H,1-3H3,(H,19,21,24). The minimum absolute atomic E-state index is 0.0528. The van der Waals surface area contributed by atoms with Gasteiger partial charge in [-0.05, 0) is 19.1 Å². The summed E-state index contributed by atoms with van der Waals surface area (Å²) in [5, 5.41) is 10.2. The molecule has 0 aliphatic heterocycles. The quantitative estimate of drug-likeness (QED) is 0.769. The third-order valence-electron chi connectivity index (χ3n) is 3.41. The van der Waals surface area contributed by atoms with Crippen molar-refractivity contribution in [1.82, 2.24) is 19.6 Å². The van der Waals surface area contributed by atoms with Crippen LogP contribution >= 0.6 is 11.3 Å². The first-order valence-electron chi connectivity index (χ1n) is 7.18. The van der Waals surface area contributed by atoms with Gasteiger partial charge < -0.3 is 5.32 Å². The van der Waals surface area contributed by atoms with E-state index in [1.807, 2.05) is 6.92 Å². The summed E-state index contributed by atoms with van der Waals surface area (Å²) in [6.45, 7) is 1.86. The topological polar surface area (TPSA) is 64.7 Å². The van der Waals surface area contributed by atoms with E-state index in [1.54, 1.807) is 19.2 Å². The van der Waals surface area contributed by atoms with Crippen molar-refractivity contribution >= 4 is 23.1 Å². The van der Waals surface area contributed by atoms with Crippen LogP contribution in [0.2, 0.25) is 0 Å². The second-order valence-electron chi connectivity index (χ2n) is 5.49. The first-order chi connectivity index (χ1) is 11.6. The number of hydrogen-bond donors (Lipinski definition) is 1. The van der Waals surface area contributed by atoms with Gasteiger partial charge in [-0.3, -0.25) is 14.2 Å². The van der Waals surface area contributed by atoms with E-state index in [-0.39, 0.29) is 16.9 Å². The minimum Gasteiger partial charge on any atom is -0.304 e. The summed E-state index contributed by atoms with van der Waals surface area (Å²) in [5.74, 6) is -0.368. The number of carbonyl (C=O) groups excluding carboxylic acids is 1. The van der Waals surface area contributed by atoms with Gasteiger partial charge in [-0.15, -0.1) is 11.3 Å². The van der Waals surface area contributed by atoms with Gasteiger partial charge in [-0.1, -0.05) is 0 Å². The van der Waals surface area contributed by atoms with Crippen LogP contribution in [0.1, 0.15) is 20.2 Å². The molecule has 10 heteroatoms. The fraction of sp³-hybridized carbons (Fsp3) is 0.267. The predicted molar refractivity (Wildman–Crippen MR) is 87.4 cm³/mol. The van der Waals surface area contributed by atoms with Crippen molar-refractivity contribution in [2.24, 2.45) is 14.1 Å². The van der Waals surface area contributed by atoms with Crippen LogP contribution in [0.15, 0.2) is 24.5 Å². The zero-order valence-corrected chi connectivity index (χ0v) is 14.4. The monoisotopic (exact) mass is 369 g/mol. The molecule has 3 aromatic heterocycles. The number of nitrogens with one attached hydrogen (secondary N) is 1. The van der Waals surface area contributed by atoms with Crippen LogP contribution in [0.5, 0.6) is 0 Å². The number of nitrogens with zero attached hydrogens (tertiary/aromatic N) is 4. The molecule has 0 aliphatic rings. The molecule has 1 amide bonds. The van der Waals surface area contributed by atoms with E-state index in [9.17, 15) is 18.0 Å². The van der Waals surface area contributed by atoms with E-state index in [4.69, 9.17) is 0 Å². The lowest BCUT2D eigenvalue weighted by Gasteiger charge is -2.06. The Kier molecular flexibility index (Phi) is 4.15. The maximum atomic E-state index is 13.2. The molecule has 25 heavy (non-hydrogen) atoms. The number of halogens is 3. The molecule has 0 unspecified atom stereocenters. The Morgan fingerprint density at radius 3 is 2.36 bits per heavy atom. The Bertz CT molecular complexity index is 938. The highest BCUT2D eigenvalue weighted by Gasteiger charge is 2.38. The van der Waals surface area contributed by atoms with Gasteiger partial charge >= 0.3 is 6.18 Å². The first kappa shape index (κ1) is 17.2. The number of carbonyl (C=O) groups is 1. The molecule has 3 aromatic rings. The first-order valence-corrected chi connectivity index (χ1v) is 7.99. The van der Waals surface area contributed by atoms with E-state index < -0.39 is 17.8 Å². The van der Waals surface area contributed by atoms with Gasteiger partial charge in [0.15, 0.2) is 11.5 Å².